The molecule has 0 radical (unpaired) electrons. The number of amides is 1. The highest BCUT2D eigenvalue weighted by molar-refractivity contribution is 6.15. The van der Waals surface area contributed by atoms with Crippen LogP contribution in [0.2, 0.25) is 0 Å². The smallest absolute Gasteiger partial charge is 0.262 e. The maximum Gasteiger partial charge on any atom is 0.262 e. The molecule has 13 heteroatoms. The number of rotatable bonds is 5. The van der Waals surface area contributed by atoms with E-state index in [-0.39, 0.29) is 34.5 Å². The second kappa shape index (κ2) is 8.55. The Morgan fingerprint density at radius 1 is 1.15 bits per heavy atom. The number of H-pyrrole nitrogens is 1. The van der Waals surface area contributed by atoms with E-state index >= 15 is 0 Å². The molecule has 5 rings (SSSR count). The van der Waals surface area contributed by atoms with E-state index in [0.717, 1.165) is 0 Å². The minimum atomic E-state index is -0.622. The summed E-state index contributed by atoms with van der Waals surface area (Å²) in [7, 11) is 0. The SMILES string of the molecule is N#Cc1cnn(-c2ncccn2)c1/N=N/c1cc2ccccc2c(C(=O)Nc2ncn[nH]2)c1O. The van der Waals surface area contributed by atoms with Gasteiger partial charge in [0.05, 0.1) is 11.8 Å². The Morgan fingerprint density at radius 3 is 2.74 bits per heavy atom. The predicted octanol–water partition coefficient (Wildman–Crippen LogP) is 3.18. The van der Waals surface area contributed by atoms with Gasteiger partial charge in [-0.15, -0.1) is 10.2 Å². The monoisotopic (exact) mass is 451 g/mol. The number of benzene rings is 2. The minimum Gasteiger partial charge on any atom is -0.505 e. The Kier molecular flexibility index (Phi) is 5.13. The summed E-state index contributed by atoms with van der Waals surface area (Å²) in [6.07, 6.45) is 5.59. The predicted molar refractivity (Wildman–Crippen MR) is 118 cm³/mol. The number of phenolic OH excluding ortho intramolecular Hbond substituents is 1. The Balaban J connectivity index is 1.61. The topological polar surface area (TPSA) is 183 Å². The fraction of sp³-hybridized carbons (Fsp3) is 0. The van der Waals surface area contributed by atoms with Crippen LogP contribution in [0.5, 0.6) is 5.75 Å². The summed E-state index contributed by atoms with van der Waals surface area (Å²) in [6.45, 7) is 0. The molecular formula is C21H13N11O2. The Bertz CT molecular complexity index is 1570. The number of nitrogens with one attached hydrogen (secondary N) is 2. The first kappa shape index (κ1) is 20.4. The number of azo groups is 1. The van der Waals surface area contributed by atoms with E-state index in [1.54, 1.807) is 36.4 Å². The van der Waals surface area contributed by atoms with Gasteiger partial charge in [-0.1, -0.05) is 24.3 Å². The van der Waals surface area contributed by atoms with Crippen molar-refractivity contribution < 1.29 is 9.90 Å². The second-order valence-electron chi connectivity index (χ2n) is 6.78. The third-order valence-electron chi connectivity index (χ3n) is 4.73. The lowest BCUT2D eigenvalue weighted by Crippen LogP contribution is -2.14. The van der Waals surface area contributed by atoms with Crippen LogP contribution in [0.25, 0.3) is 16.7 Å². The number of anilines is 1. The molecule has 2 aromatic carbocycles. The Morgan fingerprint density at radius 2 is 1.97 bits per heavy atom. The quantitative estimate of drug-likeness (QED) is 0.340. The van der Waals surface area contributed by atoms with Gasteiger partial charge in [-0.25, -0.2) is 15.1 Å². The Hall–Kier alpha value is -5.51. The molecule has 0 spiro atoms. The van der Waals surface area contributed by atoms with E-state index in [0.29, 0.717) is 10.8 Å². The lowest BCUT2D eigenvalue weighted by molar-refractivity contribution is 0.102. The molecule has 0 aliphatic carbocycles. The van der Waals surface area contributed by atoms with E-state index in [1.165, 1.54) is 29.6 Å². The molecule has 13 nitrogen and oxygen atoms in total. The highest BCUT2D eigenvalue weighted by atomic mass is 16.3. The van der Waals surface area contributed by atoms with Crippen LogP contribution in [-0.2, 0) is 0 Å². The summed E-state index contributed by atoms with van der Waals surface area (Å²) >= 11 is 0. The van der Waals surface area contributed by atoms with Gasteiger partial charge in [0.1, 0.15) is 23.6 Å². The average Bonchev–Trinajstić information content (AvgIpc) is 3.52. The van der Waals surface area contributed by atoms with Crippen LogP contribution in [0.1, 0.15) is 15.9 Å². The number of hydrogen-bond acceptors (Lipinski definition) is 10. The number of nitriles is 1. The first-order valence-electron chi connectivity index (χ1n) is 9.74. The van der Waals surface area contributed by atoms with Crippen molar-refractivity contribution in [3.8, 4) is 17.8 Å². The van der Waals surface area contributed by atoms with E-state index in [1.807, 2.05) is 6.07 Å². The molecule has 0 saturated carbocycles. The van der Waals surface area contributed by atoms with Crippen molar-refractivity contribution in [3.05, 3.63) is 72.4 Å². The molecule has 3 aromatic heterocycles. The number of carbonyl (C=O) groups excluding carboxylic acids is 1. The molecule has 0 atom stereocenters. The molecule has 0 fully saturated rings. The van der Waals surface area contributed by atoms with Crippen molar-refractivity contribution in [3.63, 3.8) is 0 Å². The zero-order valence-corrected chi connectivity index (χ0v) is 17.2. The molecule has 3 heterocycles. The molecule has 5 aromatic rings. The number of phenols is 1. The first-order chi connectivity index (χ1) is 16.7. The second-order valence-corrected chi connectivity index (χ2v) is 6.78. The third-order valence-corrected chi connectivity index (χ3v) is 4.73. The maximum absolute atomic E-state index is 13.0. The maximum atomic E-state index is 13.0. The van der Waals surface area contributed by atoms with Gasteiger partial charge in [0.15, 0.2) is 11.6 Å². The van der Waals surface area contributed by atoms with Crippen molar-refractivity contribution in [2.24, 2.45) is 10.2 Å². The number of carbonyl (C=O) groups is 1. The van der Waals surface area contributed by atoms with Crippen molar-refractivity contribution in [1.82, 2.24) is 34.9 Å². The number of aromatic nitrogens is 7. The molecule has 34 heavy (non-hydrogen) atoms. The van der Waals surface area contributed by atoms with Gasteiger partial charge < -0.3 is 5.11 Å². The van der Waals surface area contributed by atoms with Gasteiger partial charge >= 0.3 is 0 Å². The standard InChI is InChI=1S/C21H13N11O2/c22-9-13-10-27-32(21-23-6-3-7-24-21)18(13)30-29-15-8-12-4-1-2-5-14(12)16(17(15)33)19(34)28-20-25-11-26-31-20/h1-8,10-11,33H,(H2,25,26,28,31,34)/b30-29+. The fourth-order valence-electron chi connectivity index (χ4n) is 3.23. The largest absolute Gasteiger partial charge is 0.505 e. The normalized spacial score (nSPS) is 11.0. The van der Waals surface area contributed by atoms with Crippen molar-refractivity contribution in [1.29, 1.82) is 5.26 Å². The zero-order valence-electron chi connectivity index (χ0n) is 17.2. The lowest BCUT2D eigenvalue weighted by atomic mass is 10.0. The summed E-state index contributed by atoms with van der Waals surface area (Å²) in [4.78, 5) is 25.0. The minimum absolute atomic E-state index is 0.00652. The van der Waals surface area contributed by atoms with E-state index in [4.69, 9.17) is 0 Å². The van der Waals surface area contributed by atoms with Gasteiger partial charge in [-0.05, 0) is 22.9 Å². The van der Waals surface area contributed by atoms with Crippen LogP contribution in [0.15, 0.2) is 71.5 Å². The van der Waals surface area contributed by atoms with Crippen molar-refractivity contribution in [2.45, 2.75) is 0 Å². The van der Waals surface area contributed by atoms with Crippen LogP contribution in [0, 0.1) is 11.3 Å². The molecule has 0 unspecified atom stereocenters. The number of aromatic amines is 1. The zero-order chi connectivity index (χ0) is 23.5. The van der Waals surface area contributed by atoms with Gasteiger partial charge in [-0.2, -0.15) is 25.1 Å². The van der Waals surface area contributed by atoms with Crippen molar-refractivity contribution >= 4 is 34.1 Å². The van der Waals surface area contributed by atoms with Crippen molar-refractivity contribution in [2.75, 3.05) is 5.32 Å². The molecule has 0 aliphatic heterocycles. The summed E-state index contributed by atoms with van der Waals surface area (Å²) in [6, 6.07) is 12.2. The third kappa shape index (κ3) is 3.67. The van der Waals surface area contributed by atoms with Crippen LogP contribution in [-0.4, -0.2) is 45.9 Å². The molecule has 3 N–H and O–H groups in total. The molecule has 1 amide bonds. The van der Waals surface area contributed by atoms with Crippen LogP contribution >= 0.6 is 0 Å². The van der Waals surface area contributed by atoms with E-state index < -0.39 is 11.7 Å². The van der Waals surface area contributed by atoms with Gasteiger partial charge in [0.25, 0.3) is 11.9 Å². The molecule has 164 valence electrons. The number of nitrogens with zero attached hydrogens (tertiary/aromatic N) is 9. The molecular weight excluding hydrogens is 438 g/mol. The summed E-state index contributed by atoms with van der Waals surface area (Å²) < 4.78 is 1.25. The number of hydrogen-bond donors (Lipinski definition) is 3. The van der Waals surface area contributed by atoms with Crippen LogP contribution < -0.4 is 5.32 Å². The average molecular weight is 451 g/mol. The summed E-state index contributed by atoms with van der Waals surface area (Å²) in [5.74, 6) is -0.657. The first-order valence-corrected chi connectivity index (χ1v) is 9.74. The van der Waals surface area contributed by atoms with Crippen LogP contribution in [0.4, 0.5) is 17.5 Å². The van der Waals surface area contributed by atoms with Gasteiger partial charge in [0, 0.05) is 12.4 Å². The van der Waals surface area contributed by atoms with Gasteiger partial charge in [-0.3, -0.25) is 10.1 Å². The van der Waals surface area contributed by atoms with Gasteiger partial charge in [0.2, 0.25) is 5.95 Å². The molecule has 0 aliphatic rings. The highest BCUT2D eigenvalue weighted by Crippen LogP contribution is 2.38. The molecule has 0 bridgehead atoms. The lowest BCUT2D eigenvalue weighted by Gasteiger charge is -2.10. The summed E-state index contributed by atoms with van der Waals surface area (Å²) in [5.41, 5.74) is 0.107. The summed E-state index contributed by atoms with van der Waals surface area (Å²) in [5, 5.41) is 42.7. The Labute approximate surface area is 190 Å². The molecule has 0 saturated heterocycles. The number of fused-ring (bicyclic) bond motifs is 1. The van der Waals surface area contributed by atoms with Crippen LogP contribution in [0.3, 0.4) is 0 Å². The fourth-order valence-corrected chi connectivity index (χ4v) is 3.23. The van der Waals surface area contributed by atoms with E-state index in [9.17, 15) is 15.2 Å². The van der Waals surface area contributed by atoms with E-state index in [2.05, 4.69) is 45.8 Å². The number of aromatic hydroxyl groups is 1. The highest BCUT2D eigenvalue weighted by Gasteiger charge is 2.21.